The van der Waals surface area contributed by atoms with Crippen molar-refractivity contribution in [1.29, 1.82) is 0 Å². The standard InChI is InChI=1S/C11H10BrF3O/c12-7-2-1-4-8-9(13)5-3-6-10(8)16-11(14)15/h1,3-6,11H,2,7H2. The Balaban J connectivity index is 2.94. The van der Waals surface area contributed by atoms with Crippen LogP contribution in [0.4, 0.5) is 13.2 Å². The molecule has 0 aliphatic rings. The number of ether oxygens (including phenoxy) is 1. The van der Waals surface area contributed by atoms with Gasteiger partial charge < -0.3 is 4.74 Å². The number of hydrogen-bond acceptors (Lipinski definition) is 1. The molecule has 1 rings (SSSR count). The molecule has 0 unspecified atom stereocenters. The molecule has 0 aliphatic carbocycles. The average Bonchev–Trinajstić information content (AvgIpc) is 2.21. The fourth-order valence-electron chi connectivity index (χ4n) is 1.14. The maximum absolute atomic E-state index is 13.3. The van der Waals surface area contributed by atoms with Gasteiger partial charge in [0, 0.05) is 5.33 Å². The first-order chi connectivity index (χ1) is 7.65. The molecule has 0 N–H and O–H groups in total. The predicted octanol–water partition coefficient (Wildman–Crippen LogP) is 4.23. The summed E-state index contributed by atoms with van der Waals surface area (Å²) >= 11 is 3.20. The highest BCUT2D eigenvalue weighted by atomic mass is 79.9. The van der Waals surface area contributed by atoms with Gasteiger partial charge in [-0.25, -0.2) is 4.39 Å². The van der Waals surface area contributed by atoms with E-state index in [1.54, 1.807) is 6.08 Å². The highest BCUT2D eigenvalue weighted by Gasteiger charge is 2.10. The van der Waals surface area contributed by atoms with Crippen molar-refractivity contribution >= 4 is 22.0 Å². The molecular formula is C11H10BrF3O. The summed E-state index contributed by atoms with van der Waals surface area (Å²) in [5.41, 5.74) is 0.0451. The molecule has 0 spiro atoms. The van der Waals surface area contributed by atoms with Gasteiger partial charge in [0.25, 0.3) is 0 Å². The van der Waals surface area contributed by atoms with E-state index in [0.29, 0.717) is 6.42 Å². The molecule has 0 fully saturated rings. The van der Waals surface area contributed by atoms with E-state index in [0.717, 1.165) is 5.33 Å². The molecular weight excluding hydrogens is 285 g/mol. The Morgan fingerprint density at radius 3 is 2.75 bits per heavy atom. The van der Waals surface area contributed by atoms with Crippen LogP contribution in [0.5, 0.6) is 5.75 Å². The summed E-state index contributed by atoms with van der Waals surface area (Å²) in [7, 11) is 0. The van der Waals surface area contributed by atoms with E-state index in [1.165, 1.54) is 24.3 Å². The van der Waals surface area contributed by atoms with Crippen LogP contribution >= 0.6 is 15.9 Å². The van der Waals surface area contributed by atoms with E-state index in [4.69, 9.17) is 0 Å². The molecule has 1 nitrogen and oxygen atoms in total. The van der Waals surface area contributed by atoms with Crippen molar-refractivity contribution in [1.82, 2.24) is 0 Å². The molecule has 0 bridgehead atoms. The lowest BCUT2D eigenvalue weighted by molar-refractivity contribution is -0.0501. The molecule has 5 heteroatoms. The molecule has 0 heterocycles. The Labute approximate surface area is 100 Å². The van der Waals surface area contributed by atoms with Crippen molar-refractivity contribution in [2.24, 2.45) is 0 Å². The maximum Gasteiger partial charge on any atom is 0.387 e. The van der Waals surface area contributed by atoms with E-state index < -0.39 is 12.4 Å². The van der Waals surface area contributed by atoms with Crippen LogP contribution in [0.3, 0.4) is 0 Å². The van der Waals surface area contributed by atoms with Crippen molar-refractivity contribution in [2.45, 2.75) is 13.0 Å². The topological polar surface area (TPSA) is 9.23 Å². The molecule has 0 aromatic heterocycles. The zero-order valence-electron chi connectivity index (χ0n) is 8.30. The van der Waals surface area contributed by atoms with Gasteiger partial charge >= 0.3 is 6.61 Å². The Morgan fingerprint density at radius 1 is 1.38 bits per heavy atom. The minimum absolute atomic E-state index is 0.0451. The Hall–Kier alpha value is -0.970. The van der Waals surface area contributed by atoms with E-state index in [9.17, 15) is 13.2 Å². The van der Waals surface area contributed by atoms with Gasteiger partial charge in [-0.05, 0) is 18.6 Å². The first-order valence-corrected chi connectivity index (χ1v) is 5.73. The van der Waals surface area contributed by atoms with Crippen LogP contribution < -0.4 is 4.74 Å². The summed E-state index contributed by atoms with van der Waals surface area (Å²) in [6.07, 6.45) is 3.81. The zero-order chi connectivity index (χ0) is 12.0. The Morgan fingerprint density at radius 2 is 2.12 bits per heavy atom. The normalized spacial score (nSPS) is 11.3. The molecule has 0 radical (unpaired) electrons. The van der Waals surface area contributed by atoms with Gasteiger partial charge in [-0.1, -0.05) is 34.1 Å². The van der Waals surface area contributed by atoms with Gasteiger partial charge in [0.05, 0.1) is 5.56 Å². The van der Waals surface area contributed by atoms with Gasteiger partial charge in [-0.2, -0.15) is 8.78 Å². The van der Waals surface area contributed by atoms with Gasteiger partial charge in [-0.15, -0.1) is 0 Å². The van der Waals surface area contributed by atoms with Gasteiger partial charge in [-0.3, -0.25) is 0 Å². The first-order valence-electron chi connectivity index (χ1n) is 4.61. The molecule has 0 atom stereocenters. The van der Waals surface area contributed by atoms with Gasteiger partial charge in [0.15, 0.2) is 0 Å². The van der Waals surface area contributed by atoms with Crippen LogP contribution in [0.15, 0.2) is 24.3 Å². The van der Waals surface area contributed by atoms with E-state index in [-0.39, 0.29) is 11.3 Å². The van der Waals surface area contributed by atoms with Crippen molar-refractivity contribution in [3.05, 3.63) is 35.7 Å². The SMILES string of the molecule is Fc1cccc(OC(F)F)c1C=CCCBr. The predicted molar refractivity (Wildman–Crippen MR) is 60.5 cm³/mol. The van der Waals surface area contributed by atoms with E-state index in [1.807, 2.05) is 0 Å². The second-order valence-corrected chi connectivity index (χ2v) is 3.70. The fraction of sp³-hybridized carbons (Fsp3) is 0.273. The third-order valence-corrected chi connectivity index (χ3v) is 2.25. The van der Waals surface area contributed by atoms with E-state index in [2.05, 4.69) is 20.7 Å². The number of alkyl halides is 3. The second kappa shape index (κ2) is 6.58. The maximum atomic E-state index is 13.3. The van der Waals surface area contributed by atoms with Crippen LogP contribution in [0.25, 0.3) is 6.08 Å². The van der Waals surface area contributed by atoms with E-state index >= 15 is 0 Å². The number of hydrogen-bond donors (Lipinski definition) is 0. The quantitative estimate of drug-likeness (QED) is 0.739. The van der Waals surface area contributed by atoms with Crippen LogP contribution in [0.2, 0.25) is 0 Å². The van der Waals surface area contributed by atoms with Gasteiger partial charge in [0.2, 0.25) is 0 Å². The van der Waals surface area contributed by atoms with Crippen LogP contribution in [-0.4, -0.2) is 11.9 Å². The number of rotatable bonds is 5. The summed E-state index contributed by atoms with van der Waals surface area (Å²) in [4.78, 5) is 0. The summed E-state index contributed by atoms with van der Waals surface area (Å²) in [6, 6.07) is 3.84. The van der Waals surface area contributed by atoms with Crippen molar-refractivity contribution < 1.29 is 17.9 Å². The highest BCUT2D eigenvalue weighted by molar-refractivity contribution is 9.09. The third kappa shape index (κ3) is 3.89. The lowest BCUT2D eigenvalue weighted by atomic mass is 10.1. The number of benzene rings is 1. The van der Waals surface area contributed by atoms with Crippen LogP contribution in [-0.2, 0) is 0 Å². The first kappa shape index (κ1) is 13.1. The number of allylic oxidation sites excluding steroid dienone is 1. The lowest BCUT2D eigenvalue weighted by Crippen LogP contribution is -2.04. The molecule has 0 saturated heterocycles. The average molecular weight is 295 g/mol. The summed E-state index contributed by atoms with van der Waals surface area (Å²) < 4.78 is 41.6. The zero-order valence-corrected chi connectivity index (χ0v) is 9.88. The van der Waals surface area contributed by atoms with Crippen LogP contribution in [0, 0.1) is 5.82 Å². The van der Waals surface area contributed by atoms with Crippen LogP contribution in [0.1, 0.15) is 12.0 Å². The third-order valence-electron chi connectivity index (χ3n) is 1.79. The molecule has 0 aliphatic heterocycles. The summed E-state index contributed by atoms with van der Waals surface area (Å²) in [6.45, 7) is -2.95. The monoisotopic (exact) mass is 294 g/mol. The molecule has 1 aromatic rings. The lowest BCUT2D eigenvalue weighted by Gasteiger charge is -2.08. The van der Waals surface area contributed by atoms with Crippen molar-refractivity contribution in [3.8, 4) is 5.75 Å². The number of halogens is 4. The molecule has 88 valence electrons. The Kier molecular flexibility index (Phi) is 5.38. The highest BCUT2D eigenvalue weighted by Crippen LogP contribution is 2.24. The second-order valence-electron chi connectivity index (χ2n) is 2.91. The largest absolute Gasteiger partial charge is 0.434 e. The minimum Gasteiger partial charge on any atom is -0.434 e. The summed E-state index contributed by atoms with van der Waals surface area (Å²) in [5.74, 6) is -0.732. The van der Waals surface area contributed by atoms with Gasteiger partial charge in [0.1, 0.15) is 11.6 Å². The molecule has 0 saturated carbocycles. The molecule has 0 amide bonds. The molecule has 16 heavy (non-hydrogen) atoms. The molecule has 1 aromatic carbocycles. The minimum atomic E-state index is -2.95. The van der Waals surface area contributed by atoms with Crippen molar-refractivity contribution in [3.63, 3.8) is 0 Å². The summed E-state index contributed by atoms with van der Waals surface area (Å²) in [5, 5.41) is 0.725. The smallest absolute Gasteiger partial charge is 0.387 e. The Bertz CT molecular complexity index is 366. The van der Waals surface area contributed by atoms with Crippen molar-refractivity contribution in [2.75, 3.05) is 5.33 Å². The fourth-order valence-corrected chi connectivity index (χ4v) is 1.41.